The molecule has 0 aromatic heterocycles. The van der Waals surface area contributed by atoms with Crippen molar-refractivity contribution in [3.05, 3.63) is 170 Å². The monoisotopic (exact) mass is 660 g/mol. The molecule has 0 unspecified atom stereocenters. The normalized spacial score (nSPS) is 10.6. The Labute approximate surface area is 289 Å². The fourth-order valence-electron chi connectivity index (χ4n) is 4.84. The van der Waals surface area contributed by atoms with Crippen LogP contribution in [0.3, 0.4) is 0 Å². The number of benzene rings is 7. The van der Waals surface area contributed by atoms with Gasteiger partial charge in [0.05, 0.1) is 0 Å². The smallest absolute Gasteiger partial charge is 0.170 e. The van der Waals surface area contributed by atoms with Crippen molar-refractivity contribution < 1.29 is 28.4 Å². The average Bonchev–Trinajstić information content (AvgIpc) is 3.14. The van der Waals surface area contributed by atoms with Crippen molar-refractivity contribution in [2.45, 2.75) is 0 Å². The van der Waals surface area contributed by atoms with Crippen LogP contribution in [0.2, 0.25) is 0 Å². The van der Waals surface area contributed by atoms with Gasteiger partial charge in [0.25, 0.3) is 0 Å². The number of anilines is 2. The van der Waals surface area contributed by atoms with Crippen LogP contribution in [0.5, 0.6) is 69.0 Å². The third-order valence-electron chi connectivity index (χ3n) is 7.32. The van der Waals surface area contributed by atoms with E-state index in [0.29, 0.717) is 80.4 Å². The van der Waals surface area contributed by atoms with Gasteiger partial charge in [0.1, 0.15) is 34.5 Å². The van der Waals surface area contributed by atoms with Crippen molar-refractivity contribution in [1.29, 1.82) is 0 Å². The molecular formula is C42H32N2O6. The second-order valence-corrected chi connectivity index (χ2v) is 11.0. The average molecular weight is 661 g/mol. The van der Waals surface area contributed by atoms with Gasteiger partial charge >= 0.3 is 0 Å². The summed E-state index contributed by atoms with van der Waals surface area (Å²) in [6.07, 6.45) is 0. The Bertz CT molecular complexity index is 2010. The predicted octanol–water partition coefficient (Wildman–Crippen LogP) is 11.6. The number of rotatable bonds is 12. The van der Waals surface area contributed by atoms with Crippen molar-refractivity contribution in [3.63, 3.8) is 0 Å². The quantitative estimate of drug-likeness (QED) is 0.125. The minimum atomic E-state index is 0.495. The molecule has 0 atom stereocenters. The van der Waals surface area contributed by atoms with Gasteiger partial charge in [-0.1, -0.05) is 36.4 Å². The Morgan fingerprint density at radius 2 is 0.420 bits per heavy atom. The maximum Gasteiger partial charge on any atom is 0.170 e. The van der Waals surface area contributed by atoms with Crippen LogP contribution in [0.4, 0.5) is 11.4 Å². The second-order valence-electron chi connectivity index (χ2n) is 11.0. The molecule has 0 saturated carbocycles. The largest absolute Gasteiger partial charge is 0.457 e. The molecule has 0 aliphatic carbocycles. The van der Waals surface area contributed by atoms with E-state index < -0.39 is 0 Å². The van der Waals surface area contributed by atoms with Gasteiger partial charge in [-0.2, -0.15) is 0 Å². The lowest BCUT2D eigenvalue weighted by molar-refractivity contribution is 0.382. The van der Waals surface area contributed by atoms with Crippen LogP contribution in [-0.4, -0.2) is 0 Å². The summed E-state index contributed by atoms with van der Waals surface area (Å²) in [5.41, 5.74) is 12.9. The molecule has 0 spiro atoms. The molecule has 7 rings (SSSR count). The van der Waals surface area contributed by atoms with Crippen LogP contribution in [0, 0.1) is 0 Å². The molecule has 0 aliphatic heterocycles. The Kier molecular flexibility index (Phi) is 9.33. The fraction of sp³-hybridized carbons (Fsp3) is 0. The van der Waals surface area contributed by atoms with Crippen molar-refractivity contribution >= 4 is 11.4 Å². The molecule has 0 heterocycles. The van der Waals surface area contributed by atoms with Gasteiger partial charge in [0, 0.05) is 11.4 Å². The molecule has 246 valence electrons. The van der Waals surface area contributed by atoms with Crippen LogP contribution in [-0.2, 0) is 0 Å². The first-order chi connectivity index (χ1) is 24.5. The van der Waals surface area contributed by atoms with E-state index in [-0.39, 0.29) is 0 Å². The number of hydrogen-bond donors (Lipinski definition) is 2. The van der Waals surface area contributed by atoms with Crippen molar-refractivity contribution in [3.8, 4) is 69.0 Å². The fourth-order valence-corrected chi connectivity index (χ4v) is 4.84. The minimum Gasteiger partial charge on any atom is -0.457 e. The van der Waals surface area contributed by atoms with Gasteiger partial charge in [-0.3, -0.25) is 0 Å². The molecule has 0 bridgehead atoms. The Morgan fingerprint density at radius 3 is 0.680 bits per heavy atom. The van der Waals surface area contributed by atoms with Crippen LogP contribution in [0.1, 0.15) is 0 Å². The molecule has 8 heteroatoms. The highest BCUT2D eigenvalue weighted by Crippen LogP contribution is 2.42. The third-order valence-corrected chi connectivity index (χ3v) is 7.32. The lowest BCUT2D eigenvalue weighted by Crippen LogP contribution is -1.94. The van der Waals surface area contributed by atoms with Gasteiger partial charge in [0.15, 0.2) is 34.5 Å². The number of hydrogen-bond acceptors (Lipinski definition) is 8. The van der Waals surface area contributed by atoms with Gasteiger partial charge in [-0.25, -0.2) is 0 Å². The summed E-state index contributed by atoms with van der Waals surface area (Å²) in [4.78, 5) is 0. The SMILES string of the molecule is Nc1ccc(Oc2ccc(Oc3ccccc3Oc3ccccc3Oc3ccccc3Oc3ccc(Oc4ccc(N)cc4)cc3)cc2)cc1. The van der Waals surface area contributed by atoms with E-state index in [2.05, 4.69) is 0 Å². The zero-order valence-corrected chi connectivity index (χ0v) is 26.8. The van der Waals surface area contributed by atoms with E-state index in [1.165, 1.54) is 0 Å². The summed E-state index contributed by atoms with van der Waals surface area (Å²) < 4.78 is 37.0. The summed E-state index contributed by atoms with van der Waals surface area (Å²) in [5, 5.41) is 0. The van der Waals surface area contributed by atoms with Crippen LogP contribution in [0.15, 0.2) is 170 Å². The van der Waals surface area contributed by atoms with Gasteiger partial charge in [0.2, 0.25) is 0 Å². The number of nitrogens with two attached hydrogens (primary N) is 2. The summed E-state index contributed by atoms with van der Waals surface area (Å²) in [5.74, 6) is 7.03. The Hall–Kier alpha value is -7.06. The molecule has 0 aliphatic rings. The first-order valence-electron chi connectivity index (χ1n) is 15.8. The summed E-state index contributed by atoms with van der Waals surface area (Å²) in [6, 6.07) is 51.4. The number of para-hydroxylation sites is 6. The van der Waals surface area contributed by atoms with Gasteiger partial charge < -0.3 is 39.9 Å². The van der Waals surface area contributed by atoms with E-state index in [1.54, 1.807) is 24.3 Å². The highest BCUT2D eigenvalue weighted by Gasteiger charge is 2.14. The van der Waals surface area contributed by atoms with Crippen LogP contribution in [0.25, 0.3) is 0 Å². The van der Waals surface area contributed by atoms with E-state index >= 15 is 0 Å². The molecule has 8 nitrogen and oxygen atoms in total. The maximum absolute atomic E-state index is 6.38. The molecule has 7 aromatic carbocycles. The maximum atomic E-state index is 6.38. The molecular weight excluding hydrogens is 628 g/mol. The van der Waals surface area contributed by atoms with E-state index in [9.17, 15) is 0 Å². The molecule has 0 fully saturated rings. The van der Waals surface area contributed by atoms with Crippen molar-refractivity contribution in [1.82, 2.24) is 0 Å². The van der Waals surface area contributed by atoms with Gasteiger partial charge in [-0.05, 0) is 133 Å². The van der Waals surface area contributed by atoms with Crippen molar-refractivity contribution in [2.75, 3.05) is 11.5 Å². The van der Waals surface area contributed by atoms with E-state index in [1.807, 2.05) is 146 Å². The standard InChI is InChI=1S/C42H32N2O6/c43-29-13-17-31(18-14-29)45-33-21-25-35(26-22-33)47-37-7-1-3-9-39(37)49-41-11-5-6-12-42(41)50-40-10-4-2-8-38(40)48-36-27-23-34(24-28-36)46-32-19-15-30(44)16-20-32/h1-28H,43-44H2. The molecule has 0 saturated heterocycles. The number of ether oxygens (including phenoxy) is 6. The topological polar surface area (TPSA) is 107 Å². The molecule has 0 radical (unpaired) electrons. The zero-order chi connectivity index (χ0) is 34.1. The third kappa shape index (κ3) is 8.07. The van der Waals surface area contributed by atoms with Crippen LogP contribution >= 0.6 is 0 Å². The van der Waals surface area contributed by atoms with Crippen LogP contribution < -0.4 is 39.9 Å². The predicted molar refractivity (Wildman–Crippen MR) is 194 cm³/mol. The lowest BCUT2D eigenvalue weighted by Gasteiger charge is -2.16. The highest BCUT2D eigenvalue weighted by atomic mass is 16.6. The summed E-state index contributed by atoms with van der Waals surface area (Å²) in [7, 11) is 0. The van der Waals surface area contributed by atoms with E-state index in [4.69, 9.17) is 39.9 Å². The Balaban J connectivity index is 1.03. The molecule has 50 heavy (non-hydrogen) atoms. The first-order valence-corrected chi connectivity index (χ1v) is 15.8. The Morgan fingerprint density at radius 1 is 0.220 bits per heavy atom. The van der Waals surface area contributed by atoms with Gasteiger partial charge in [-0.15, -0.1) is 0 Å². The summed E-state index contributed by atoms with van der Waals surface area (Å²) >= 11 is 0. The molecule has 0 amide bonds. The number of nitrogen functional groups attached to an aromatic ring is 2. The van der Waals surface area contributed by atoms with E-state index in [0.717, 1.165) is 0 Å². The molecule has 4 N–H and O–H groups in total. The summed E-state index contributed by atoms with van der Waals surface area (Å²) in [6.45, 7) is 0. The minimum absolute atomic E-state index is 0.495. The first kappa shape index (κ1) is 31.5. The highest BCUT2D eigenvalue weighted by molar-refractivity contribution is 5.53. The zero-order valence-electron chi connectivity index (χ0n) is 26.8. The second kappa shape index (κ2) is 14.8. The lowest BCUT2D eigenvalue weighted by atomic mass is 10.2. The molecule has 7 aromatic rings. The van der Waals surface area contributed by atoms with Crippen molar-refractivity contribution in [2.24, 2.45) is 0 Å².